The lowest BCUT2D eigenvalue weighted by Crippen LogP contribution is -2.37. The number of benzene rings is 1. The Morgan fingerprint density at radius 1 is 1.42 bits per heavy atom. The van der Waals surface area contributed by atoms with E-state index in [-0.39, 0.29) is 5.91 Å². The average molecular weight is 265 g/mol. The zero-order valence-corrected chi connectivity index (χ0v) is 11.9. The second-order valence-corrected chi connectivity index (χ2v) is 4.40. The van der Waals surface area contributed by atoms with Crippen molar-refractivity contribution in [3.63, 3.8) is 0 Å². The number of carbonyl (C=O) groups excluding carboxylic acids is 1. The fourth-order valence-electron chi connectivity index (χ4n) is 1.67. The predicted molar refractivity (Wildman–Crippen MR) is 75.4 cm³/mol. The molecule has 4 heteroatoms. The maximum atomic E-state index is 11.8. The highest BCUT2D eigenvalue weighted by Crippen LogP contribution is 2.15. The number of nitrogens with one attached hydrogen (secondary N) is 1. The lowest BCUT2D eigenvalue weighted by molar-refractivity contribution is -0.127. The summed E-state index contributed by atoms with van der Waals surface area (Å²) in [6.07, 6.45) is 1.27. The van der Waals surface area contributed by atoms with Gasteiger partial charge in [-0.3, -0.25) is 4.79 Å². The van der Waals surface area contributed by atoms with E-state index in [0.717, 1.165) is 18.6 Å². The highest BCUT2D eigenvalue weighted by molar-refractivity contribution is 5.80. The van der Waals surface area contributed by atoms with Crippen LogP contribution in [0.1, 0.15) is 25.8 Å². The van der Waals surface area contributed by atoms with Crippen molar-refractivity contribution in [3.8, 4) is 5.75 Å². The summed E-state index contributed by atoms with van der Waals surface area (Å²) < 4.78 is 10.6. The van der Waals surface area contributed by atoms with E-state index in [1.165, 1.54) is 5.56 Å². The van der Waals surface area contributed by atoms with E-state index in [1.54, 1.807) is 14.0 Å². The summed E-state index contributed by atoms with van der Waals surface area (Å²) in [4.78, 5) is 11.8. The monoisotopic (exact) mass is 265 g/mol. The molecule has 0 bridgehead atoms. The fourth-order valence-corrected chi connectivity index (χ4v) is 1.67. The lowest BCUT2D eigenvalue weighted by atomic mass is 10.2. The van der Waals surface area contributed by atoms with Crippen LogP contribution in [-0.4, -0.2) is 32.3 Å². The molecular formula is C15H23NO3. The van der Waals surface area contributed by atoms with Crippen LogP contribution < -0.4 is 10.1 Å². The molecule has 0 spiro atoms. The number of aryl methyl sites for hydroxylation is 1. The van der Waals surface area contributed by atoms with E-state index in [0.29, 0.717) is 13.2 Å². The number of methoxy groups -OCH3 is 1. The predicted octanol–water partition coefficient (Wildman–Crippen LogP) is 2.17. The zero-order valence-electron chi connectivity index (χ0n) is 11.9. The number of ether oxygens (including phenoxy) is 2. The van der Waals surface area contributed by atoms with Crippen LogP contribution in [0.2, 0.25) is 0 Å². The highest BCUT2D eigenvalue weighted by atomic mass is 16.5. The number of hydrogen-bond donors (Lipinski definition) is 1. The van der Waals surface area contributed by atoms with E-state index in [9.17, 15) is 4.79 Å². The van der Waals surface area contributed by atoms with Crippen LogP contribution in [0.5, 0.6) is 5.75 Å². The van der Waals surface area contributed by atoms with Gasteiger partial charge in [0, 0.05) is 20.3 Å². The first-order chi connectivity index (χ1) is 9.17. The van der Waals surface area contributed by atoms with E-state index in [1.807, 2.05) is 24.3 Å². The van der Waals surface area contributed by atoms with Gasteiger partial charge in [0.15, 0.2) is 6.10 Å². The first-order valence-corrected chi connectivity index (χ1v) is 6.69. The second-order valence-electron chi connectivity index (χ2n) is 4.40. The maximum absolute atomic E-state index is 11.8. The molecule has 0 aliphatic rings. The van der Waals surface area contributed by atoms with Crippen molar-refractivity contribution in [1.29, 1.82) is 0 Å². The molecule has 0 heterocycles. The van der Waals surface area contributed by atoms with Crippen molar-refractivity contribution in [2.45, 2.75) is 32.8 Å². The van der Waals surface area contributed by atoms with Crippen LogP contribution in [0.25, 0.3) is 0 Å². The summed E-state index contributed by atoms with van der Waals surface area (Å²) in [5, 5.41) is 2.82. The molecule has 0 fully saturated rings. The molecule has 1 aromatic carbocycles. The quantitative estimate of drug-likeness (QED) is 0.733. The summed E-state index contributed by atoms with van der Waals surface area (Å²) in [6, 6.07) is 7.82. The van der Waals surface area contributed by atoms with Crippen LogP contribution in [-0.2, 0) is 16.0 Å². The van der Waals surface area contributed by atoms with Crippen molar-refractivity contribution in [2.75, 3.05) is 20.3 Å². The molecular weight excluding hydrogens is 242 g/mol. The Morgan fingerprint density at radius 3 is 2.89 bits per heavy atom. The van der Waals surface area contributed by atoms with Gasteiger partial charge in [-0.15, -0.1) is 0 Å². The first kappa shape index (κ1) is 15.5. The van der Waals surface area contributed by atoms with Gasteiger partial charge in [0.1, 0.15) is 5.75 Å². The summed E-state index contributed by atoms with van der Waals surface area (Å²) in [7, 11) is 1.65. The van der Waals surface area contributed by atoms with Gasteiger partial charge in [-0.1, -0.05) is 19.1 Å². The SMILES string of the molecule is CCc1cccc(OC(C)C(=O)NCCCOC)c1. The van der Waals surface area contributed by atoms with E-state index < -0.39 is 6.10 Å². The summed E-state index contributed by atoms with van der Waals surface area (Å²) in [5.41, 5.74) is 1.20. The smallest absolute Gasteiger partial charge is 0.260 e. The molecule has 0 saturated carbocycles. The lowest BCUT2D eigenvalue weighted by Gasteiger charge is -2.15. The second kappa shape index (κ2) is 8.53. The Labute approximate surface area is 115 Å². The molecule has 0 saturated heterocycles. The number of rotatable bonds is 8. The number of hydrogen-bond acceptors (Lipinski definition) is 3. The molecule has 0 aliphatic carbocycles. The Hall–Kier alpha value is -1.55. The van der Waals surface area contributed by atoms with E-state index in [2.05, 4.69) is 12.2 Å². The molecule has 4 nitrogen and oxygen atoms in total. The Bertz CT molecular complexity index is 393. The van der Waals surface area contributed by atoms with Gasteiger partial charge in [0.05, 0.1) is 0 Å². The third-order valence-corrected chi connectivity index (χ3v) is 2.81. The van der Waals surface area contributed by atoms with Gasteiger partial charge in [-0.2, -0.15) is 0 Å². The molecule has 1 atom stereocenters. The number of amides is 1. The molecule has 1 unspecified atom stereocenters. The van der Waals surface area contributed by atoms with Crippen LogP contribution in [0.15, 0.2) is 24.3 Å². The van der Waals surface area contributed by atoms with Crippen LogP contribution in [0.4, 0.5) is 0 Å². The highest BCUT2D eigenvalue weighted by Gasteiger charge is 2.13. The molecule has 0 aliphatic heterocycles. The van der Waals surface area contributed by atoms with Gasteiger partial charge < -0.3 is 14.8 Å². The van der Waals surface area contributed by atoms with E-state index >= 15 is 0 Å². The Morgan fingerprint density at radius 2 is 2.21 bits per heavy atom. The summed E-state index contributed by atoms with van der Waals surface area (Å²) in [6.45, 7) is 5.10. The third kappa shape index (κ3) is 5.75. The van der Waals surface area contributed by atoms with Crippen LogP contribution >= 0.6 is 0 Å². The molecule has 1 amide bonds. The molecule has 0 radical (unpaired) electrons. The number of carbonyl (C=O) groups is 1. The molecule has 1 rings (SSSR count). The average Bonchev–Trinajstić information content (AvgIpc) is 2.43. The fraction of sp³-hybridized carbons (Fsp3) is 0.533. The van der Waals surface area contributed by atoms with Crippen LogP contribution in [0.3, 0.4) is 0 Å². The molecule has 106 valence electrons. The normalized spacial score (nSPS) is 11.9. The minimum absolute atomic E-state index is 0.0991. The first-order valence-electron chi connectivity index (χ1n) is 6.69. The Balaban J connectivity index is 2.40. The Kier molecular flexibility index (Phi) is 6.97. The van der Waals surface area contributed by atoms with Crippen molar-refractivity contribution >= 4 is 5.91 Å². The minimum atomic E-state index is -0.491. The summed E-state index contributed by atoms with van der Waals surface area (Å²) >= 11 is 0. The van der Waals surface area contributed by atoms with Crippen LogP contribution in [0, 0.1) is 0 Å². The maximum Gasteiger partial charge on any atom is 0.260 e. The summed E-state index contributed by atoms with van der Waals surface area (Å²) in [5.74, 6) is 0.636. The van der Waals surface area contributed by atoms with Crippen molar-refractivity contribution in [3.05, 3.63) is 29.8 Å². The minimum Gasteiger partial charge on any atom is -0.481 e. The van der Waals surface area contributed by atoms with E-state index in [4.69, 9.17) is 9.47 Å². The third-order valence-electron chi connectivity index (χ3n) is 2.81. The molecule has 19 heavy (non-hydrogen) atoms. The molecule has 0 aromatic heterocycles. The topological polar surface area (TPSA) is 47.6 Å². The zero-order chi connectivity index (χ0) is 14.1. The van der Waals surface area contributed by atoms with Crippen molar-refractivity contribution in [2.24, 2.45) is 0 Å². The molecule has 1 aromatic rings. The van der Waals surface area contributed by atoms with Crippen molar-refractivity contribution in [1.82, 2.24) is 5.32 Å². The van der Waals surface area contributed by atoms with Crippen molar-refractivity contribution < 1.29 is 14.3 Å². The van der Waals surface area contributed by atoms with Gasteiger partial charge in [0.25, 0.3) is 5.91 Å². The van der Waals surface area contributed by atoms with Gasteiger partial charge >= 0.3 is 0 Å². The van der Waals surface area contributed by atoms with Gasteiger partial charge in [-0.25, -0.2) is 0 Å². The largest absolute Gasteiger partial charge is 0.481 e. The standard InChI is InChI=1S/C15H23NO3/c1-4-13-7-5-8-14(11-13)19-12(2)15(17)16-9-6-10-18-3/h5,7-8,11-12H,4,6,9-10H2,1-3H3,(H,16,17). The van der Waals surface area contributed by atoms with Gasteiger partial charge in [0.2, 0.25) is 0 Å². The van der Waals surface area contributed by atoms with Gasteiger partial charge in [-0.05, 0) is 37.5 Å². The molecule has 1 N–H and O–H groups in total.